The van der Waals surface area contributed by atoms with Gasteiger partial charge in [-0.2, -0.15) is 10.5 Å². The Morgan fingerprint density at radius 3 is 2.53 bits per heavy atom. The van der Waals surface area contributed by atoms with E-state index in [-0.39, 0.29) is 11.3 Å². The summed E-state index contributed by atoms with van der Waals surface area (Å²) in [5.41, 5.74) is 0.227. The van der Waals surface area contributed by atoms with Crippen LogP contribution < -0.4 is 0 Å². The van der Waals surface area contributed by atoms with Crippen LogP contribution in [-0.4, -0.2) is 4.92 Å². The van der Waals surface area contributed by atoms with Crippen molar-refractivity contribution in [3.63, 3.8) is 0 Å². The smallest absolute Gasteiger partial charge is 0.258 e. The third-order valence-electron chi connectivity index (χ3n) is 1.59. The number of nitro benzene ring substituents is 1. The van der Waals surface area contributed by atoms with E-state index in [9.17, 15) is 10.1 Å². The predicted molar refractivity (Wildman–Crippen MR) is 50.3 cm³/mol. The average Bonchev–Trinajstić information content (AvgIpc) is 2.25. The zero-order valence-corrected chi connectivity index (χ0v) is 7.39. The molecule has 0 aromatic heterocycles. The lowest BCUT2D eigenvalue weighted by molar-refractivity contribution is -0.384. The fraction of sp³-hybridized carbons (Fsp3) is 0. The third-order valence-corrected chi connectivity index (χ3v) is 1.59. The van der Waals surface area contributed by atoms with Gasteiger partial charge in [0.25, 0.3) is 5.69 Å². The molecule has 0 aliphatic heterocycles. The summed E-state index contributed by atoms with van der Waals surface area (Å²) >= 11 is 0. The summed E-state index contributed by atoms with van der Waals surface area (Å²) in [7, 11) is 0. The van der Waals surface area contributed by atoms with E-state index in [2.05, 4.69) is 11.8 Å². The van der Waals surface area contributed by atoms with Crippen molar-refractivity contribution >= 4 is 5.69 Å². The van der Waals surface area contributed by atoms with Crippen LogP contribution in [0.1, 0.15) is 11.1 Å². The minimum atomic E-state index is -0.595. The molecule has 0 N–H and O–H groups in total. The maximum Gasteiger partial charge on any atom is 0.270 e. The topological polar surface area (TPSA) is 90.7 Å². The average molecular weight is 197 g/mol. The molecule has 0 heterocycles. The van der Waals surface area contributed by atoms with Crippen LogP contribution in [0.5, 0.6) is 0 Å². The Labute approximate surface area is 85.3 Å². The van der Waals surface area contributed by atoms with Crippen LogP contribution in [0.25, 0.3) is 0 Å². The molecule has 0 amide bonds. The van der Waals surface area contributed by atoms with Crippen molar-refractivity contribution < 1.29 is 4.92 Å². The highest BCUT2D eigenvalue weighted by Crippen LogP contribution is 2.16. The molecule has 0 unspecified atom stereocenters. The van der Waals surface area contributed by atoms with Gasteiger partial charge in [0.1, 0.15) is 6.07 Å². The first-order chi connectivity index (χ1) is 7.19. The fourth-order valence-corrected chi connectivity index (χ4v) is 0.943. The van der Waals surface area contributed by atoms with Crippen LogP contribution in [0.4, 0.5) is 5.69 Å². The van der Waals surface area contributed by atoms with Crippen LogP contribution in [0.3, 0.4) is 0 Å². The first-order valence-corrected chi connectivity index (χ1v) is 3.77. The third kappa shape index (κ3) is 2.30. The van der Waals surface area contributed by atoms with Crippen molar-refractivity contribution in [3.8, 4) is 24.0 Å². The molecule has 0 aliphatic carbocycles. The van der Waals surface area contributed by atoms with Crippen molar-refractivity contribution in [1.29, 1.82) is 10.5 Å². The molecule has 0 saturated heterocycles. The van der Waals surface area contributed by atoms with Crippen molar-refractivity contribution in [2.75, 3.05) is 0 Å². The van der Waals surface area contributed by atoms with Crippen LogP contribution in [0.15, 0.2) is 18.2 Å². The lowest BCUT2D eigenvalue weighted by Gasteiger charge is -1.94. The second-order valence-corrected chi connectivity index (χ2v) is 2.46. The fourth-order valence-electron chi connectivity index (χ4n) is 0.943. The normalized spacial score (nSPS) is 7.87. The molecule has 0 saturated carbocycles. The predicted octanol–water partition coefficient (Wildman–Crippen LogP) is 1.34. The minimum absolute atomic E-state index is 0.0898. The van der Waals surface area contributed by atoms with E-state index in [4.69, 9.17) is 10.5 Å². The van der Waals surface area contributed by atoms with Gasteiger partial charge >= 0.3 is 0 Å². The maximum atomic E-state index is 10.4. The highest BCUT2D eigenvalue weighted by atomic mass is 16.6. The Morgan fingerprint density at radius 2 is 2.00 bits per heavy atom. The van der Waals surface area contributed by atoms with Gasteiger partial charge in [-0.3, -0.25) is 10.1 Å². The number of nitriles is 2. The lowest BCUT2D eigenvalue weighted by atomic mass is 10.1. The van der Waals surface area contributed by atoms with Crippen molar-refractivity contribution in [3.05, 3.63) is 39.4 Å². The molecule has 0 atom stereocenters. The summed E-state index contributed by atoms with van der Waals surface area (Å²) in [6.45, 7) is 0. The molecule has 5 heteroatoms. The van der Waals surface area contributed by atoms with E-state index in [1.54, 1.807) is 12.1 Å². The van der Waals surface area contributed by atoms with Crippen LogP contribution in [-0.2, 0) is 0 Å². The summed E-state index contributed by atoms with van der Waals surface area (Å²) in [5.74, 6) is 4.55. The number of hydrogen-bond acceptors (Lipinski definition) is 4. The Hall–Kier alpha value is -2.84. The molecule has 0 radical (unpaired) electrons. The van der Waals surface area contributed by atoms with E-state index < -0.39 is 4.92 Å². The Balaban J connectivity index is 3.30. The molecule has 0 fully saturated rings. The lowest BCUT2D eigenvalue weighted by Crippen LogP contribution is -1.90. The molecule has 0 aliphatic rings. The highest BCUT2D eigenvalue weighted by molar-refractivity contribution is 5.54. The van der Waals surface area contributed by atoms with E-state index in [1.165, 1.54) is 12.1 Å². The zero-order valence-electron chi connectivity index (χ0n) is 7.39. The van der Waals surface area contributed by atoms with Gasteiger partial charge in [-0.05, 0) is 12.0 Å². The largest absolute Gasteiger partial charge is 0.270 e. The second-order valence-electron chi connectivity index (χ2n) is 2.46. The first kappa shape index (κ1) is 10.2. The van der Waals surface area contributed by atoms with Gasteiger partial charge in [0, 0.05) is 23.6 Å². The molecule has 0 spiro atoms. The second kappa shape index (κ2) is 4.41. The number of hydrogen-bond donors (Lipinski definition) is 0. The summed E-state index contributed by atoms with van der Waals surface area (Å²) in [6, 6.07) is 7.10. The highest BCUT2D eigenvalue weighted by Gasteiger charge is 2.08. The quantitative estimate of drug-likeness (QED) is 0.386. The van der Waals surface area contributed by atoms with Crippen molar-refractivity contribution in [2.24, 2.45) is 0 Å². The first-order valence-electron chi connectivity index (χ1n) is 3.77. The summed E-state index contributed by atoms with van der Waals surface area (Å²) < 4.78 is 0. The van der Waals surface area contributed by atoms with Crippen LogP contribution >= 0.6 is 0 Å². The van der Waals surface area contributed by atoms with Gasteiger partial charge < -0.3 is 0 Å². The standard InChI is InChI=1S/C10H3N3O2/c11-5-1-2-8-3-4-10(13(14)15)6-9(8)7-12/h3-4,6H. The van der Waals surface area contributed by atoms with E-state index in [0.29, 0.717) is 5.56 Å². The van der Waals surface area contributed by atoms with Gasteiger partial charge in [-0.25, -0.2) is 0 Å². The number of non-ortho nitro benzene ring substituents is 1. The molecule has 1 aromatic rings. The van der Waals surface area contributed by atoms with E-state index in [1.807, 2.05) is 0 Å². The molecular formula is C10H3N3O2. The van der Waals surface area contributed by atoms with Crippen LogP contribution in [0, 0.1) is 44.6 Å². The maximum absolute atomic E-state index is 10.4. The molecule has 70 valence electrons. The molecule has 5 nitrogen and oxygen atoms in total. The van der Waals surface area contributed by atoms with Gasteiger partial charge in [-0.1, -0.05) is 0 Å². The number of nitro groups is 1. The van der Waals surface area contributed by atoms with Gasteiger partial charge in [0.05, 0.1) is 10.5 Å². The molecule has 1 aromatic carbocycles. The summed E-state index contributed by atoms with van der Waals surface area (Å²) in [4.78, 5) is 9.81. The Morgan fingerprint density at radius 1 is 1.27 bits per heavy atom. The van der Waals surface area contributed by atoms with Crippen LogP contribution in [0.2, 0.25) is 0 Å². The van der Waals surface area contributed by atoms with Gasteiger partial charge in [0.2, 0.25) is 0 Å². The SMILES string of the molecule is N#CC#Cc1ccc([N+](=O)[O-])cc1C#N. The van der Waals surface area contributed by atoms with E-state index in [0.717, 1.165) is 6.07 Å². The molecule has 15 heavy (non-hydrogen) atoms. The number of benzene rings is 1. The molecule has 1 rings (SSSR count). The van der Waals surface area contributed by atoms with Crippen molar-refractivity contribution in [1.82, 2.24) is 0 Å². The Bertz CT molecular complexity index is 553. The van der Waals surface area contributed by atoms with Crippen molar-refractivity contribution in [2.45, 2.75) is 0 Å². The molecular weight excluding hydrogens is 194 g/mol. The number of rotatable bonds is 1. The van der Waals surface area contributed by atoms with E-state index >= 15 is 0 Å². The molecule has 0 bridgehead atoms. The Kier molecular flexibility index (Phi) is 3.01. The zero-order chi connectivity index (χ0) is 11.3. The van der Waals surface area contributed by atoms with Gasteiger partial charge in [-0.15, -0.1) is 0 Å². The minimum Gasteiger partial charge on any atom is -0.258 e. The monoisotopic (exact) mass is 197 g/mol. The number of nitrogens with zero attached hydrogens (tertiary/aromatic N) is 3. The summed E-state index contributed by atoms with van der Waals surface area (Å²) in [5, 5.41) is 27.3. The van der Waals surface area contributed by atoms with Gasteiger partial charge in [0.15, 0.2) is 6.07 Å². The summed E-state index contributed by atoms with van der Waals surface area (Å²) in [6.07, 6.45) is 0.